The predicted octanol–water partition coefficient (Wildman–Crippen LogP) is 2.74. The van der Waals surface area contributed by atoms with E-state index in [-0.39, 0.29) is 0 Å². The average molecular weight is 191 g/mol. The smallest absolute Gasteiger partial charge is 0.166 e. The monoisotopic (exact) mass is 191 g/mol. The van der Waals surface area contributed by atoms with Crippen LogP contribution in [0.15, 0.2) is 0 Å². The van der Waals surface area contributed by atoms with Gasteiger partial charge in [0.1, 0.15) is 0 Å². The number of hydrogen-bond donors (Lipinski definition) is 1. The molecule has 0 aromatic carbocycles. The van der Waals surface area contributed by atoms with Gasteiger partial charge in [-0.05, 0) is 30.1 Å². The van der Waals surface area contributed by atoms with Gasteiger partial charge in [-0.2, -0.15) is 0 Å². The molecule has 2 saturated heterocycles. The fourth-order valence-corrected chi connectivity index (χ4v) is 4.63. The van der Waals surface area contributed by atoms with Crippen LogP contribution in [0.5, 0.6) is 0 Å². The minimum atomic E-state index is 0.804. The zero-order valence-electron chi connectivity index (χ0n) is 9.39. The number of hydrogen-bond acceptors (Lipinski definition) is 1. The Bertz CT molecular complexity index is 230. The van der Waals surface area contributed by atoms with Gasteiger partial charge in [0.25, 0.3) is 0 Å². The molecule has 1 N–H and O–H groups in total. The zero-order chi connectivity index (χ0) is 9.60. The van der Waals surface area contributed by atoms with E-state index in [0.29, 0.717) is 0 Å². The number of rotatable bonds is 0. The van der Waals surface area contributed by atoms with Crippen LogP contribution < -0.4 is 5.32 Å². The molecule has 3 aliphatic rings. The Morgan fingerprint density at radius 1 is 1.21 bits per heavy atom. The molecular formula is C12H22BN. The maximum absolute atomic E-state index is 3.66. The summed E-state index contributed by atoms with van der Waals surface area (Å²) < 4.78 is 0. The first-order valence-electron chi connectivity index (χ1n) is 6.56. The van der Waals surface area contributed by atoms with Gasteiger partial charge < -0.3 is 5.32 Å². The Hall–Kier alpha value is 0.0249. The average Bonchev–Trinajstić information content (AvgIpc) is 2.30. The third kappa shape index (κ3) is 1.13. The molecule has 2 heterocycles. The highest BCUT2D eigenvalue weighted by Crippen LogP contribution is 2.63. The lowest BCUT2D eigenvalue weighted by Crippen LogP contribution is -2.64. The van der Waals surface area contributed by atoms with Gasteiger partial charge in [0.2, 0.25) is 0 Å². The number of nitrogens with one attached hydrogen (secondary N) is 1. The van der Waals surface area contributed by atoms with E-state index in [1.165, 1.54) is 38.5 Å². The quantitative estimate of drug-likeness (QED) is 0.580. The SMILES string of the molecule is CC1NCCC23CCCCCC2CB13. The van der Waals surface area contributed by atoms with E-state index in [0.717, 1.165) is 23.9 Å². The molecule has 78 valence electrons. The van der Waals surface area contributed by atoms with Crippen molar-refractivity contribution >= 4 is 6.71 Å². The molecule has 3 atom stereocenters. The van der Waals surface area contributed by atoms with Crippen molar-refractivity contribution in [3.63, 3.8) is 0 Å². The maximum atomic E-state index is 3.66. The highest BCUT2D eigenvalue weighted by Gasteiger charge is 2.59. The van der Waals surface area contributed by atoms with Gasteiger partial charge in [0.15, 0.2) is 6.71 Å². The summed E-state index contributed by atoms with van der Waals surface area (Å²) in [6.45, 7) is 4.72. The Morgan fingerprint density at radius 3 is 3.07 bits per heavy atom. The topological polar surface area (TPSA) is 12.0 Å². The first kappa shape index (κ1) is 9.27. The molecule has 1 nitrogen and oxygen atoms in total. The zero-order valence-corrected chi connectivity index (χ0v) is 9.39. The van der Waals surface area contributed by atoms with E-state index in [1.54, 1.807) is 12.8 Å². The Balaban J connectivity index is 1.83. The third-order valence-electron chi connectivity index (χ3n) is 5.45. The Kier molecular flexibility index (Phi) is 2.16. The molecule has 0 aromatic heterocycles. The molecule has 0 aromatic rings. The predicted molar refractivity (Wildman–Crippen MR) is 61.9 cm³/mol. The van der Waals surface area contributed by atoms with Crippen LogP contribution in [0.2, 0.25) is 11.6 Å². The molecule has 3 rings (SSSR count). The van der Waals surface area contributed by atoms with Gasteiger partial charge in [-0.1, -0.05) is 45.3 Å². The lowest BCUT2D eigenvalue weighted by Gasteiger charge is -2.59. The van der Waals surface area contributed by atoms with Gasteiger partial charge in [-0.15, -0.1) is 0 Å². The van der Waals surface area contributed by atoms with E-state index in [9.17, 15) is 0 Å². The largest absolute Gasteiger partial charge is 0.321 e. The molecular weight excluding hydrogens is 169 g/mol. The fraction of sp³-hybridized carbons (Fsp3) is 1.00. The third-order valence-corrected chi connectivity index (χ3v) is 5.45. The van der Waals surface area contributed by atoms with Crippen LogP contribution in [0.1, 0.15) is 45.4 Å². The van der Waals surface area contributed by atoms with Crippen molar-refractivity contribution in [1.82, 2.24) is 5.32 Å². The summed E-state index contributed by atoms with van der Waals surface area (Å²) >= 11 is 0. The van der Waals surface area contributed by atoms with E-state index in [2.05, 4.69) is 12.2 Å². The first-order chi connectivity index (χ1) is 6.83. The molecule has 1 spiro atoms. The van der Waals surface area contributed by atoms with Gasteiger partial charge in [-0.3, -0.25) is 0 Å². The fourth-order valence-electron chi connectivity index (χ4n) is 4.63. The van der Waals surface area contributed by atoms with E-state index in [1.807, 2.05) is 0 Å². The van der Waals surface area contributed by atoms with Crippen molar-refractivity contribution in [2.75, 3.05) is 6.54 Å². The molecule has 1 saturated carbocycles. The highest BCUT2D eigenvalue weighted by molar-refractivity contribution is 6.67. The van der Waals surface area contributed by atoms with Crippen LogP contribution in [0.4, 0.5) is 0 Å². The van der Waals surface area contributed by atoms with Crippen molar-refractivity contribution in [3.8, 4) is 0 Å². The van der Waals surface area contributed by atoms with E-state index in [4.69, 9.17) is 0 Å². The molecule has 3 fully saturated rings. The van der Waals surface area contributed by atoms with Crippen LogP contribution in [0.3, 0.4) is 0 Å². The standard InChI is InChI=1S/C12H22BN/c1-10-13-9-11-5-3-2-4-6-12(11,13)7-8-14-10/h10-11,14H,2-9H2,1H3. The van der Waals surface area contributed by atoms with Crippen LogP contribution in [-0.4, -0.2) is 19.2 Å². The Labute approximate surface area is 88.1 Å². The van der Waals surface area contributed by atoms with E-state index >= 15 is 0 Å². The molecule has 0 radical (unpaired) electrons. The van der Waals surface area contributed by atoms with Gasteiger partial charge in [0, 0.05) is 0 Å². The lowest BCUT2D eigenvalue weighted by atomic mass is 9.13. The van der Waals surface area contributed by atoms with Crippen LogP contribution >= 0.6 is 0 Å². The van der Waals surface area contributed by atoms with E-state index < -0.39 is 0 Å². The maximum Gasteiger partial charge on any atom is 0.166 e. The second-order valence-electron chi connectivity index (χ2n) is 5.86. The molecule has 0 amide bonds. The second kappa shape index (κ2) is 3.26. The Morgan fingerprint density at radius 2 is 2.14 bits per heavy atom. The molecule has 14 heavy (non-hydrogen) atoms. The molecule has 0 bridgehead atoms. The first-order valence-corrected chi connectivity index (χ1v) is 6.56. The molecule has 2 aliphatic heterocycles. The van der Waals surface area contributed by atoms with Crippen molar-refractivity contribution in [3.05, 3.63) is 0 Å². The van der Waals surface area contributed by atoms with Gasteiger partial charge in [-0.25, -0.2) is 0 Å². The lowest BCUT2D eigenvalue weighted by molar-refractivity contribution is 0.248. The summed E-state index contributed by atoms with van der Waals surface area (Å²) in [5.74, 6) is 1.91. The van der Waals surface area contributed by atoms with Gasteiger partial charge >= 0.3 is 0 Å². The summed E-state index contributed by atoms with van der Waals surface area (Å²) in [6.07, 6.45) is 10.6. The van der Waals surface area contributed by atoms with Crippen molar-refractivity contribution < 1.29 is 0 Å². The summed E-state index contributed by atoms with van der Waals surface area (Å²) in [4.78, 5) is 0. The van der Waals surface area contributed by atoms with Crippen molar-refractivity contribution in [2.45, 2.75) is 63.0 Å². The normalized spacial score (nSPS) is 47.4. The summed E-state index contributed by atoms with van der Waals surface area (Å²) in [5.41, 5.74) is 0. The van der Waals surface area contributed by atoms with Crippen molar-refractivity contribution in [2.24, 2.45) is 5.92 Å². The van der Waals surface area contributed by atoms with Crippen LogP contribution in [0, 0.1) is 5.92 Å². The summed E-state index contributed by atoms with van der Waals surface area (Å²) in [7, 11) is 0. The summed E-state index contributed by atoms with van der Waals surface area (Å²) in [5, 5.41) is 4.47. The van der Waals surface area contributed by atoms with Crippen LogP contribution in [0.25, 0.3) is 0 Å². The highest BCUT2D eigenvalue weighted by atomic mass is 14.9. The van der Waals surface area contributed by atoms with Gasteiger partial charge in [0.05, 0.1) is 0 Å². The minimum absolute atomic E-state index is 0.804. The summed E-state index contributed by atoms with van der Waals surface area (Å²) in [6, 6.07) is 0. The minimum Gasteiger partial charge on any atom is -0.321 e. The van der Waals surface area contributed by atoms with Crippen LogP contribution in [-0.2, 0) is 0 Å². The van der Waals surface area contributed by atoms with Crippen molar-refractivity contribution in [1.29, 1.82) is 0 Å². The molecule has 1 aliphatic carbocycles. The second-order valence-corrected chi connectivity index (χ2v) is 5.86. The molecule has 2 heteroatoms. The molecule has 3 unspecified atom stereocenters.